The van der Waals surface area contributed by atoms with E-state index in [0.29, 0.717) is 11.5 Å². The molecule has 0 amide bonds. The molecular weight excluding hydrogens is 492 g/mol. The molecule has 184 valence electrons. The van der Waals surface area contributed by atoms with Crippen molar-refractivity contribution in [1.82, 2.24) is 0 Å². The van der Waals surface area contributed by atoms with Gasteiger partial charge in [0.15, 0.2) is 0 Å². The smallest absolute Gasteiger partial charge is 0.394 e. The molecule has 0 unspecified atom stereocenters. The Morgan fingerprint density at radius 3 is 0.975 bits per heavy atom. The fourth-order valence-corrected chi connectivity index (χ4v) is 7.12. The second kappa shape index (κ2) is 6.96. The van der Waals surface area contributed by atoms with Gasteiger partial charge < -0.3 is 9.47 Å². The van der Waals surface area contributed by atoms with Crippen LogP contribution in [-0.2, 0) is 0 Å². The first-order valence-corrected chi connectivity index (χ1v) is 13.5. The third-order valence-electron chi connectivity index (χ3n) is 8.86. The van der Waals surface area contributed by atoms with Crippen molar-refractivity contribution < 1.29 is 14.3 Å². The third-order valence-corrected chi connectivity index (χ3v) is 8.86. The van der Waals surface area contributed by atoms with Crippen LogP contribution in [0, 0.1) is 83.5 Å². The summed E-state index contributed by atoms with van der Waals surface area (Å²) in [4.78, 5) is 13.7. The summed E-state index contributed by atoms with van der Waals surface area (Å²) in [5.74, 6) is 1.02. The highest BCUT2D eigenvalue weighted by Gasteiger charge is 2.17. The SMILES string of the molecule is O=C(Oc1cc2c3c(c1=c1ccc=3cc1)=c1ccc=2cc1)Oc1cc2c3c(c1=c1ccc=3cc1)=c1ccc=2cc1. The molecule has 14 rings (SSSR count). The average Bonchev–Trinajstić information content (AvgIpc) is 3.47. The molecule has 16 bridgehead atoms. The summed E-state index contributed by atoms with van der Waals surface area (Å²) < 4.78 is 12.3. The highest BCUT2D eigenvalue weighted by molar-refractivity contribution is 5.68. The van der Waals surface area contributed by atoms with Crippen molar-refractivity contribution in [2.75, 3.05) is 0 Å². The summed E-state index contributed by atoms with van der Waals surface area (Å²) >= 11 is 0. The van der Waals surface area contributed by atoms with Gasteiger partial charge in [-0.25, -0.2) is 4.79 Å². The van der Waals surface area contributed by atoms with Crippen LogP contribution in [0.25, 0.3) is 0 Å². The number of hydrogen-bond acceptors (Lipinski definition) is 3. The molecule has 0 aromatic heterocycles. The second-order valence-electron chi connectivity index (χ2n) is 10.9. The number of carbonyl (C=O) groups is 1. The van der Waals surface area contributed by atoms with Crippen molar-refractivity contribution in [1.29, 1.82) is 0 Å². The van der Waals surface area contributed by atoms with Crippen molar-refractivity contribution in [3.63, 3.8) is 0 Å². The van der Waals surface area contributed by atoms with Crippen LogP contribution in [-0.4, -0.2) is 6.16 Å². The van der Waals surface area contributed by atoms with Gasteiger partial charge in [-0.2, -0.15) is 0 Å². The monoisotopic (exact) mass is 510 g/mol. The van der Waals surface area contributed by atoms with Gasteiger partial charge in [0.25, 0.3) is 0 Å². The molecule has 3 nitrogen and oxygen atoms in total. The molecule has 0 spiro atoms. The Bertz CT molecular complexity index is 2760. The van der Waals surface area contributed by atoms with E-state index in [1.54, 1.807) is 0 Å². The van der Waals surface area contributed by atoms with Crippen LogP contribution in [0.2, 0.25) is 0 Å². The molecule has 0 radical (unpaired) electrons. The van der Waals surface area contributed by atoms with Crippen LogP contribution in [0.5, 0.6) is 11.5 Å². The molecule has 40 heavy (non-hydrogen) atoms. The second-order valence-corrected chi connectivity index (χ2v) is 10.9. The van der Waals surface area contributed by atoms with E-state index < -0.39 is 6.16 Å². The lowest BCUT2D eigenvalue weighted by Crippen LogP contribution is -2.15. The quantitative estimate of drug-likeness (QED) is 0.189. The number of ether oxygens (including phenoxy) is 2. The molecule has 6 aromatic rings. The van der Waals surface area contributed by atoms with Crippen molar-refractivity contribution in [2.24, 2.45) is 0 Å². The van der Waals surface area contributed by atoms with Gasteiger partial charge in [-0.3, -0.25) is 0 Å². The molecule has 0 saturated carbocycles. The minimum Gasteiger partial charge on any atom is -0.394 e. The van der Waals surface area contributed by atoms with Gasteiger partial charge in [-0.1, -0.05) is 97.1 Å². The Morgan fingerprint density at radius 1 is 0.350 bits per heavy atom. The largest absolute Gasteiger partial charge is 0.519 e. The summed E-state index contributed by atoms with van der Waals surface area (Å²) in [5, 5.41) is 17.3. The number of fused-ring (bicyclic) bond motifs is 8. The number of carbonyl (C=O) groups excluding carboxylic acids is 1. The van der Waals surface area contributed by atoms with Crippen LogP contribution in [0.15, 0.2) is 109 Å². The van der Waals surface area contributed by atoms with Crippen LogP contribution < -0.4 is 9.47 Å². The van der Waals surface area contributed by atoms with Crippen molar-refractivity contribution in [3.05, 3.63) is 193 Å². The first-order valence-electron chi connectivity index (χ1n) is 13.5. The summed E-state index contributed by atoms with van der Waals surface area (Å²) in [6.07, 6.45) is -0.744. The Kier molecular flexibility index (Phi) is 3.57. The number of benzene rings is 6. The molecule has 0 atom stereocenters. The Morgan fingerprint density at radius 2 is 0.625 bits per heavy atom. The van der Waals surface area contributed by atoms with Gasteiger partial charge in [0.2, 0.25) is 0 Å². The van der Waals surface area contributed by atoms with Crippen molar-refractivity contribution >= 4 is 6.16 Å². The summed E-state index contributed by atoms with van der Waals surface area (Å²) in [5.41, 5.74) is 0. The minimum atomic E-state index is -0.744. The van der Waals surface area contributed by atoms with Crippen LogP contribution >= 0.6 is 0 Å². The fourth-order valence-electron chi connectivity index (χ4n) is 7.12. The highest BCUT2D eigenvalue weighted by Crippen LogP contribution is 2.28. The van der Waals surface area contributed by atoms with Crippen LogP contribution in [0.1, 0.15) is 0 Å². The average molecular weight is 511 g/mol. The molecule has 0 fully saturated rings. The predicted molar refractivity (Wildman–Crippen MR) is 147 cm³/mol. The van der Waals surface area contributed by atoms with Gasteiger partial charge >= 0.3 is 6.16 Å². The molecule has 0 aliphatic heterocycles. The van der Waals surface area contributed by atoms with E-state index in [1.807, 2.05) is 12.1 Å². The maximum absolute atomic E-state index is 13.7. The van der Waals surface area contributed by atoms with E-state index in [0.717, 1.165) is 62.6 Å². The highest BCUT2D eigenvalue weighted by atomic mass is 16.7. The first-order chi connectivity index (χ1) is 19.7. The minimum absolute atomic E-state index is 0.511. The summed E-state index contributed by atoms with van der Waals surface area (Å²) in [6, 6.07) is 38.1. The van der Waals surface area contributed by atoms with Gasteiger partial charge in [0.05, 0.1) is 0 Å². The topological polar surface area (TPSA) is 35.5 Å². The van der Waals surface area contributed by atoms with E-state index in [4.69, 9.17) is 9.47 Å². The van der Waals surface area contributed by atoms with Gasteiger partial charge in [0.1, 0.15) is 11.5 Å². The van der Waals surface area contributed by atoms with E-state index in [1.165, 1.54) is 20.9 Å². The predicted octanol–water partition coefficient (Wildman–Crippen LogP) is 6.81. The first kappa shape index (κ1) is 20.5. The molecule has 6 aromatic carbocycles. The molecule has 0 saturated heterocycles. The fraction of sp³-hybridized carbons (Fsp3) is 0. The molecule has 3 heteroatoms. The normalized spacial score (nSPS) is 12.6. The van der Waals surface area contributed by atoms with Crippen molar-refractivity contribution in [3.8, 4) is 11.5 Å². The van der Waals surface area contributed by atoms with Gasteiger partial charge in [-0.05, 0) is 74.8 Å². The van der Waals surface area contributed by atoms with E-state index in [2.05, 4.69) is 97.1 Å². The van der Waals surface area contributed by atoms with Crippen LogP contribution in [0.4, 0.5) is 4.79 Å². The van der Waals surface area contributed by atoms with E-state index in [-0.39, 0.29) is 0 Å². The van der Waals surface area contributed by atoms with Crippen LogP contribution in [0.3, 0.4) is 0 Å². The molecule has 8 aliphatic rings. The lowest BCUT2D eigenvalue weighted by molar-refractivity contribution is 0.151. The lowest BCUT2D eigenvalue weighted by Gasteiger charge is -2.09. The Balaban J connectivity index is 1.25. The van der Waals surface area contributed by atoms with Gasteiger partial charge in [0, 0.05) is 20.9 Å². The third kappa shape index (κ3) is 2.48. The van der Waals surface area contributed by atoms with Gasteiger partial charge in [-0.15, -0.1) is 0 Å². The maximum atomic E-state index is 13.7. The van der Waals surface area contributed by atoms with E-state index >= 15 is 0 Å². The number of rotatable bonds is 2. The van der Waals surface area contributed by atoms with E-state index in [9.17, 15) is 4.79 Å². The zero-order chi connectivity index (χ0) is 26.1. The maximum Gasteiger partial charge on any atom is 0.519 e. The molecule has 8 aliphatic carbocycles. The zero-order valence-corrected chi connectivity index (χ0v) is 21.1. The summed E-state index contributed by atoms with van der Waals surface area (Å²) in [6.45, 7) is 0. The Labute approximate surface area is 224 Å². The zero-order valence-electron chi connectivity index (χ0n) is 21.1. The van der Waals surface area contributed by atoms with Crippen molar-refractivity contribution in [2.45, 2.75) is 0 Å². The molecule has 0 heterocycles. The Hall–Kier alpha value is -5.41. The summed E-state index contributed by atoms with van der Waals surface area (Å²) in [7, 11) is 0. The molecule has 0 N–H and O–H groups in total. The standard InChI is InChI=1S/C37H18O3/c38-37(39-29-17-27-19-1-5-25(6-2-19)35-31(27)21-9-13-23(14-10-21)33(29)35)40-30-18-28-20-3-7-26(8-4-20)36-32(28)22-11-15-24(16-12-22)34(30)36/h1-18H. The molecular formula is C37H18O3. The number of hydrogen-bond donors (Lipinski definition) is 0. The lowest BCUT2D eigenvalue weighted by atomic mass is 10.1.